The number of hydrogen-bond donors (Lipinski definition) is 1. The van der Waals surface area contributed by atoms with Crippen LogP contribution in [0.15, 0.2) is 30.3 Å². The van der Waals surface area contributed by atoms with E-state index in [9.17, 15) is 9.59 Å². The Morgan fingerprint density at radius 2 is 1.31 bits per heavy atom. The average Bonchev–Trinajstić information content (AvgIpc) is 2.77. The highest BCUT2D eigenvalue weighted by Crippen LogP contribution is 2.16. The zero-order valence-electron chi connectivity index (χ0n) is 20.1. The van der Waals surface area contributed by atoms with Gasteiger partial charge in [0.2, 0.25) is 0 Å². The molecule has 1 rings (SSSR count). The molecule has 5 nitrogen and oxygen atoms in total. The number of carboxylic acids is 1. The van der Waals surface area contributed by atoms with Crippen LogP contribution >= 0.6 is 0 Å². The maximum absolute atomic E-state index is 11.0. The number of carboxylic acid groups (broad SMARTS) is 1. The summed E-state index contributed by atoms with van der Waals surface area (Å²) in [6, 6.07) is 10.2. The third-order valence-corrected chi connectivity index (χ3v) is 5.74. The Balaban J connectivity index is 2.02. The van der Waals surface area contributed by atoms with Crippen molar-refractivity contribution in [1.29, 1.82) is 0 Å². The summed E-state index contributed by atoms with van der Waals surface area (Å²) in [5, 5.41) is 8.61. The second-order valence-electron chi connectivity index (χ2n) is 8.72. The van der Waals surface area contributed by atoms with Crippen LogP contribution in [0.25, 0.3) is 0 Å². The van der Waals surface area contributed by atoms with Gasteiger partial charge in [0.1, 0.15) is 0 Å². The van der Waals surface area contributed by atoms with Gasteiger partial charge < -0.3 is 14.6 Å². The number of ether oxygens (including phenoxy) is 2. The summed E-state index contributed by atoms with van der Waals surface area (Å²) in [6.45, 7) is 2.47. The highest BCUT2D eigenvalue weighted by Gasteiger charge is 2.10. The van der Waals surface area contributed by atoms with Crippen molar-refractivity contribution in [3.8, 4) is 0 Å². The summed E-state index contributed by atoms with van der Waals surface area (Å²) in [5.41, 5.74) is 1.17. The summed E-state index contributed by atoms with van der Waals surface area (Å²) in [4.78, 5) is 21.5. The van der Waals surface area contributed by atoms with Crippen LogP contribution in [0.3, 0.4) is 0 Å². The summed E-state index contributed by atoms with van der Waals surface area (Å²) in [6.07, 6.45) is 16.6. The lowest BCUT2D eigenvalue weighted by Gasteiger charge is -2.18. The van der Waals surface area contributed by atoms with Gasteiger partial charge in [-0.15, -0.1) is 0 Å². The number of hydrogen-bond acceptors (Lipinski definition) is 4. The van der Waals surface area contributed by atoms with E-state index in [1.54, 1.807) is 0 Å². The van der Waals surface area contributed by atoms with Crippen LogP contribution in [-0.4, -0.2) is 29.8 Å². The molecule has 0 radical (unpaired) electrons. The van der Waals surface area contributed by atoms with Crippen LogP contribution < -0.4 is 0 Å². The summed E-state index contributed by atoms with van der Waals surface area (Å²) < 4.78 is 11.2. The van der Waals surface area contributed by atoms with Crippen molar-refractivity contribution in [3.63, 3.8) is 0 Å². The Kier molecular flexibility index (Phi) is 17.4. The summed E-state index contributed by atoms with van der Waals surface area (Å²) in [5.74, 6) is -0.910. The van der Waals surface area contributed by atoms with E-state index in [0.717, 1.165) is 38.5 Å². The SMILES string of the molecule is CC(=O)OCCC(CCCCCCCCCCCCCCC(=O)O)OCc1ccccc1. The molecule has 0 aliphatic carbocycles. The quantitative estimate of drug-likeness (QED) is 0.161. The van der Waals surface area contributed by atoms with E-state index in [0.29, 0.717) is 19.6 Å². The lowest BCUT2D eigenvalue weighted by molar-refractivity contribution is -0.142. The lowest BCUT2D eigenvalue weighted by Crippen LogP contribution is -2.17. The van der Waals surface area contributed by atoms with E-state index < -0.39 is 5.97 Å². The second-order valence-corrected chi connectivity index (χ2v) is 8.72. The zero-order chi connectivity index (χ0) is 23.3. The molecule has 0 heterocycles. The minimum atomic E-state index is -0.678. The molecule has 1 atom stereocenters. The van der Waals surface area contributed by atoms with Gasteiger partial charge in [-0.25, -0.2) is 0 Å². The van der Waals surface area contributed by atoms with Gasteiger partial charge in [0.05, 0.1) is 19.3 Å². The van der Waals surface area contributed by atoms with E-state index in [-0.39, 0.29) is 12.1 Å². The molecule has 182 valence electrons. The molecular formula is C27H44O5. The third kappa shape index (κ3) is 17.8. The topological polar surface area (TPSA) is 72.8 Å². The molecular weight excluding hydrogens is 404 g/mol. The van der Waals surface area contributed by atoms with Crippen LogP contribution in [0.1, 0.15) is 109 Å². The Morgan fingerprint density at radius 1 is 0.781 bits per heavy atom. The third-order valence-electron chi connectivity index (χ3n) is 5.74. The average molecular weight is 449 g/mol. The molecule has 0 amide bonds. The molecule has 0 fully saturated rings. The minimum absolute atomic E-state index is 0.130. The first-order valence-electron chi connectivity index (χ1n) is 12.6. The Morgan fingerprint density at radius 3 is 1.84 bits per heavy atom. The fraction of sp³-hybridized carbons (Fsp3) is 0.704. The van der Waals surface area contributed by atoms with Gasteiger partial charge in [-0.3, -0.25) is 9.59 Å². The maximum atomic E-state index is 11.0. The Labute approximate surface area is 194 Å². The smallest absolute Gasteiger partial charge is 0.303 e. The molecule has 1 aromatic carbocycles. The van der Waals surface area contributed by atoms with Crippen LogP contribution in [0.2, 0.25) is 0 Å². The minimum Gasteiger partial charge on any atom is -0.481 e. The number of esters is 1. The zero-order valence-corrected chi connectivity index (χ0v) is 20.1. The summed E-state index contributed by atoms with van der Waals surface area (Å²) in [7, 11) is 0. The predicted molar refractivity (Wildman–Crippen MR) is 129 cm³/mol. The lowest BCUT2D eigenvalue weighted by atomic mass is 10.0. The van der Waals surface area contributed by atoms with Crippen molar-refractivity contribution in [2.75, 3.05) is 6.61 Å². The van der Waals surface area contributed by atoms with Gasteiger partial charge in [-0.1, -0.05) is 101 Å². The standard InChI is InChI=1S/C27H44O5/c1-24(28)31-22-21-26(32-23-25-17-13-12-14-18-25)19-15-10-8-6-4-2-3-5-7-9-11-16-20-27(29)30/h12-14,17-18,26H,2-11,15-16,19-23H2,1H3,(H,29,30). The van der Waals surface area contributed by atoms with E-state index in [1.807, 2.05) is 18.2 Å². The van der Waals surface area contributed by atoms with Crippen LogP contribution in [0.5, 0.6) is 0 Å². The van der Waals surface area contributed by atoms with E-state index in [4.69, 9.17) is 14.6 Å². The van der Waals surface area contributed by atoms with E-state index in [1.165, 1.54) is 63.9 Å². The molecule has 0 spiro atoms. The molecule has 1 N–H and O–H groups in total. The van der Waals surface area contributed by atoms with E-state index >= 15 is 0 Å². The van der Waals surface area contributed by atoms with Crippen molar-refractivity contribution >= 4 is 11.9 Å². The molecule has 0 saturated heterocycles. The first-order valence-corrected chi connectivity index (χ1v) is 12.6. The molecule has 0 bridgehead atoms. The molecule has 0 aliphatic heterocycles. The number of carbonyl (C=O) groups excluding carboxylic acids is 1. The monoisotopic (exact) mass is 448 g/mol. The first-order chi connectivity index (χ1) is 15.6. The number of carbonyl (C=O) groups is 2. The normalized spacial score (nSPS) is 11.9. The van der Waals surface area contributed by atoms with Crippen LogP contribution in [-0.2, 0) is 25.7 Å². The largest absolute Gasteiger partial charge is 0.481 e. The highest BCUT2D eigenvalue weighted by molar-refractivity contribution is 5.66. The van der Waals surface area contributed by atoms with Gasteiger partial charge in [-0.05, 0) is 18.4 Å². The number of benzene rings is 1. The van der Waals surface area contributed by atoms with Crippen molar-refractivity contribution in [2.24, 2.45) is 0 Å². The fourth-order valence-electron chi connectivity index (χ4n) is 3.85. The Bertz CT molecular complexity index is 587. The molecule has 0 aliphatic rings. The number of unbranched alkanes of at least 4 members (excludes halogenated alkanes) is 11. The molecule has 1 aromatic rings. The maximum Gasteiger partial charge on any atom is 0.303 e. The van der Waals surface area contributed by atoms with Crippen LogP contribution in [0.4, 0.5) is 0 Å². The Hall–Kier alpha value is -1.88. The summed E-state index contributed by atoms with van der Waals surface area (Å²) >= 11 is 0. The molecule has 1 unspecified atom stereocenters. The highest BCUT2D eigenvalue weighted by atomic mass is 16.5. The van der Waals surface area contributed by atoms with Crippen LogP contribution in [0, 0.1) is 0 Å². The molecule has 0 saturated carbocycles. The number of aliphatic carboxylic acids is 1. The molecule has 5 heteroatoms. The van der Waals surface area contributed by atoms with E-state index in [2.05, 4.69) is 12.1 Å². The molecule has 32 heavy (non-hydrogen) atoms. The van der Waals surface area contributed by atoms with Crippen molar-refractivity contribution in [1.82, 2.24) is 0 Å². The molecule has 0 aromatic heterocycles. The number of rotatable bonds is 21. The predicted octanol–water partition coefficient (Wildman–Crippen LogP) is 7.07. The van der Waals surface area contributed by atoms with Crippen molar-refractivity contribution in [2.45, 2.75) is 116 Å². The first kappa shape index (κ1) is 28.2. The van der Waals surface area contributed by atoms with Gasteiger partial charge in [0, 0.05) is 19.8 Å². The fourth-order valence-corrected chi connectivity index (χ4v) is 3.85. The second kappa shape index (κ2) is 19.8. The van der Waals surface area contributed by atoms with Gasteiger partial charge in [0.15, 0.2) is 0 Å². The van der Waals surface area contributed by atoms with Gasteiger partial charge >= 0.3 is 11.9 Å². The van der Waals surface area contributed by atoms with Gasteiger partial charge in [0.25, 0.3) is 0 Å². The van der Waals surface area contributed by atoms with Gasteiger partial charge in [-0.2, -0.15) is 0 Å². The van der Waals surface area contributed by atoms with Crippen molar-refractivity contribution in [3.05, 3.63) is 35.9 Å². The van der Waals surface area contributed by atoms with Crippen molar-refractivity contribution < 1.29 is 24.2 Å².